The molecule has 0 radical (unpaired) electrons. The van der Waals surface area contributed by atoms with Gasteiger partial charge < -0.3 is 14.3 Å². The molecule has 0 amide bonds. The Labute approximate surface area is 246 Å². The number of fused-ring (bicyclic) bond motifs is 1. The normalized spacial score (nSPS) is 13.3. The average Bonchev–Trinajstić information content (AvgIpc) is 3.41. The fourth-order valence-electron chi connectivity index (χ4n) is 5.55. The van der Waals surface area contributed by atoms with E-state index in [9.17, 15) is 9.90 Å². The summed E-state index contributed by atoms with van der Waals surface area (Å²) in [5.74, 6) is -0.377. The van der Waals surface area contributed by atoms with Gasteiger partial charge in [-0.05, 0) is 73.2 Å². The SMILES string of the molecule is COc1cc(C)c(S(=O)(=O)N(C(c2ccccc2)c2cc3ccccc3o2)[C@@H](Cc2ccccc2)C(=O)O)c(C)c1C. The molecule has 1 N–H and O–H groups in total. The van der Waals surface area contributed by atoms with Crippen LogP contribution in [0.1, 0.15) is 39.6 Å². The van der Waals surface area contributed by atoms with Crippen LogP contribution in [0.3, 0.4) is 0 Å². The Hall–Kier alpha value is -4.40. The Morgan fingerprint density at radius 3 is 2.12 bits per heavy atom. The van der Waals surface area contributed by atoms with Gasteiger partial charge in [-0.25, -0.2) is 8.42 Å². The summed E-state index contributed by atoms with van der Waals surface area (Å²) >= 11 is 0. The van der Waals surface area contributed by atoms with E-state index in [1.807, 2.05) is 42.5 Å². The highest BCUT2D eigenvalue weighted by molar-refractivity contribution is 7.89. The third kappa shape index (κ3) is 5.43. The van der Waals surface area contributed by atoms with Crippen molar-refractivity contribution in [3.63, 3.8) is 0 Å². The van der Waals surface area contributed by atoms with Crippen molar-refractivity contribution in [1.29, 1.82) is 0 Å². The summed E-state index contributed by atoms with van der Waals surface area (Å²) in [7, 11) is -2.93. The van der Waals surface area contributed by atoms with Crippen LogP contribution in [0, 0.1) is 20.8 Å². The minimum Gasteiger partial charge on any atom is -0.496 e. The lowest BCUT2D eigenvalue weighted by atomic mass is 10.00. The maximum Gasteiger partial charge on any atom is 0.322 e. The largest absolute Gasteiger partial charge is 0.496 e. The number of para-hydroxylation sites is 1. The van der Waals surface area contributed by atoms with Gasteiger partial charge in [-0.2, -0.15) is 4.31 Å². The van der Waals surface area contributed by atoms with Crippen molar-refractivity contribution in [2.45, 2.75) is 44.2 Å². The predicted molar refractivity (Wildman–Crippen MR) is 162 cm³/mol. The number of hydrogen-bond acceptors (Lipinski definition) is 5. The molecule has 1 heterocycles. The highest BCUT2D eigenvalue weighted by Gasteiger charge is 2.45. The zero-order valence-electron chi connectivity index (χ0n) is 23.9. The summed E-state index contributed by atoms with van der Waals surface area (Å²) in [5.41, 5.74) is 3.48. The van der Waals surface area contributed by atoms with Crippen LogP contribution in [0.15, 0.2) is 106 Å². The van der Waals surface area contributed by atoms with Gasteiger partial charge >= 0.3 is 5.97 Å². The molecular weight excluding hydrogens is 550 g/mol. The van der Waals surface area contributed by atoms with E-state index in [4.69, 9.17) is 9.15 Å². The standard InChI is InChI=1S/C34H33NO6S/c1-22-19-30(40-4)23(2)24(3)33(22)42(38,39)35(28(34(36)37)20-25-13-7-5-8-14-25)32(26-15-9-6-10-16-26)31-21-27-17-11-12-18-29(27)41-31/h5-19,21,28,32H,20H2,1-4H3,(H,36,37)/t28-,32?/m0/s1. The number of aliphatic carboxylic acids is 1. The molecule has 4 aromatic carbocycles. The second-order valence-electron chi connectivity index (χ2n) is 10.4. The molecule has 216 valence electrons. The second kappa shape index (κ2) is 11.8. The van der Waals surface area contributed by atoms with E-state index in [2.05, 4.69) is 0 Å². The maximum absolute atomic E-state index is 15.0. The van der Waals surface area contributed by atoms with Crippen LogP contribution in [-0.2, 0) is 21.2 Å². The zero-order chi connectivity index (χ0) is 30.0. The molecule has 0 saturated carbocycles. The van der Waals surface area contributed by atoms with Gasteiger partial charge in [0.05, 0.1) is 12.0 Å². The summed E-state index contributed by atoms with van der Waals surface area (Å²) in [4.78, 5) is 13.2. The number of benzene rings is 4. The first-order valence-corrected chi connectivity index (χ1v) is 15.1. The van der Waals surface area contributed by atoms with Crippen LogP contribution < -0.4 is 4.74 Å². The number of ether oxygens (including phenoxy) is 1. The van der Waals surface area contributed by atoms with Gasteiger partial charge in [-0.15, -0.1) is 0 Å². The van der Waals surface area contributed by atoms with Gasteiger partial charge in [0.1, 0.15) is 29.2 Å². The van der Waals surface area contributed by atoms with Crippen LogP contribution >= 0.6 is 0 Å². The number of hydrogen-bond donors (Lipinski definition) is 1. The third-order valence-electron chi connectivity index (χ3n) is 7.68. The van der Waals surface area contributed by atoms with Crippen molar-refractivity contribution in [2.75, 3.05) is 7.11 Å². The molecule has 5 rings (SSSR count). The molecule has 5 aromatic rings. The molecule has 1 aromatic heterocycles. The number of rotatable bonds is 10. The Morgan fingerprint density at radius 2 is 1.50 bits per heavy atom. The molecule has 7 nitrogen and oxygen atoms in total. The highest BCUT2D eigenvalue weighted by atomic mass is 32.2. The second-order valence-corrected chi connectivity index (χ2v) is 12.1. The third-order valence-corrected chi connectivity index (χ3v) is 9.85. The molecule has 0 spiro atoms. The quantitative estimate of drug-likeness (QED) is 0.193. The first-order chi connectivity index (χ1) is 20.1. The fraction of sp³-hybridized carbons (Fsp3) is 0.206. The van der Waals surface area contributed by atoms with Crippen molar-refractivity contribution in [3.8, 4) is 5.75 Å². The summed E-state index contributed by atoms with van der Waals surface area (Å²) < 4.78 is 43.0. The molecule has 0 saturated heterocycles. The molecular formula is C34H33NO6S. The predicted octanol–water partition coefficient (Wildman–Crippen LogP) is 6.84. The van der Waals surface area contributed by atoms with E-state index in [-0.39, 0.29) is 11.3 Å². The molecule has 0 fully saturated rings. The minimum atomic E-state index is -4.47. The van der Waals surface area contributed by atoms with Gasteiger partial charge in [-0.3, -0.25) is 4.79 Å². The molecule has 2 atom stereocenters. The first-order valence-electron chi connectivity index (χ1n) is 13.6. The molecule has 42 heavy (non-hydrogen) atoms. The number of sulfonamides is 1. The monoisotopic (exact) mass is 583 g/mol. The van der Waals surface area contributed by atoms with Crippen LogP contribution in [0.4, 0.5) is 0 Å². The van der Waals surface area contributed by atoms with Crippen molar-refractivity contribution < 1.29 is 27.5 Å². The van der Waals surface area contributed by atoms with Crippen LogP contribution in [0.25, 0.3) is 11.0 Å². The average molecular weight is 584 g/mol. The Balaban J connectivity index is 1.83. The van der Waals surface area contributed by atoms with Crippen LogP contribution in [0.2, 0.25) is 0 Å². The molecule has 0 bridgehead atoms. The number of carboxylic acid groups (broad SMARTS) is 1. The lowest BCUT2D eigenvalue weighted by Gasteiger charge is -2.35. The van der Waals surface area contributed by atoms with Gasteiger partial charge in [0.2, 0.25) is 10.0 Å². The van der Waals surface area contributed by atoms with E-state index >= 15 is 8.42 Å². The van der Waals surface area contributed by atoms with Gasteiger partial charge in [0, 0.05) is 5.39 Å². The lowest BCUT2D eigenvalue weighted by molar-refractivity contribution is -0.142. The molecule has 1 unspecified atom stereocenters. The van der Waals surface area contributed by atoms with Crippen molar-refractivity contribution in [1.82, 2.24) is 4.31 Å². The van der Waals surface area contributed by atoms with Gasteiger partial charge in [0.15, 0.2) is 0 Å². The van der Waals surface area contributed by atoms with Crippen molar-refractivity contribution in [3.05, 3.63) is 131 Å². The van der Waals surface area contributed by atoms with E-state index in [1.54, 1.807) is 75.4 Å². The maximum atomic E-state index is 15.0. The number of carbonyl (C=O) groups is 1. The number of methoxy groups -OCH3 is 1. The number of carboxylic acids is 1. The number of nitrogens with zero attached hydrogens (tertiary/aromatic N) is 1. The highest BCUT2D eigenvalue weighted by Crippen LogP contribution is 2.41. The van der Waals surface area contributed by atoms with E-state index in [1.165, 1.54) is 7.11 Å². The summed E-state index contributed by atoms with van der Waals surface area (Å²) in [6, 6.07) is 26.4. The number of aryl methyl sites for hydroxylation is 1. The van der Waals surface area contributed by atoms with E-state index in [0.717, 1.165) is 9.69 Å². The lowest BCUT2D eigenvalue weighted by Crippen LogP contribution is -2.48. The Kier molecular flexibility index (Phi) is 8.20. The van der Waals surface area contributed by atoms with E-state index < -0.39 is 28.1 Å². The fourth-order valence-corrected chi connectivity index (χ4v) is 7.77. The minimum absolute atomic E-state index is 0.0494. The summed E-state index contributed by atoms with van der Waals surface area (Å²) in [5, 5.41) is 11.5. The molecule has 0 aliphatic heterocycles. The topological polar surface area (TPSA) is 97.1 Å². The summed E-state index contributed by atoms with van der Waals surface area (Å²) in [6.45, 7) is 5.22. The van der Waals surface area contributed by atoms with Crippen LogP contribution in [0.5, 0.6) is 5.75 Å². The molecule has 0 aliphatic rings. The zero-order valence-corrected chi connectivity index (χ0v) is 24.8. The Morgan fingerprint density at radius 1 is 0.881 bits per heavy atom. The number of furan rings is 1. The van der Waals surface area contributed by atoms with Gasteiger partial charge in [0.25, 0.3) is 0 Å². The summed E-state index contributed by atoms with van der Waals surface area (Å²) in [6.07, 6.45) is -0.0494. The van der Waals surface area contributed by atoms with Gasteiger partial charge in [-0.1, -0.05) is 78.9 Å². The molecule has 0 aliphatic carbocycles. The van der Waals surface area contributed by atoms with Crippen LogP contribution in [-0.4, -0.2) is 37.0 Å². The Bertz CT molecular complexity index is 1800. The van der Waals surface area contributed by atoms with Crippen molar-refractivity contribution in [2.24, 2.45) is 0 Å². The van der Waals surface area contributed by atoms with Crippen molar-refractivity contribution >= 4 is 27.0 Å². The molecule has 8 heteroatoms. The smallest absolute Gasteiger partial charge is 0.322 e. The first kappa shape index (κ1) is 29.1. The van der Waals surface area contributed by atoms with E-state index in [0.29, 0.717) is 44.9 Å².